The molecule has 3 atom stereocenters. The highest BCUT2D eigenvalue weighted by molar-refractivity contribution is 6.00. The van der Waals surface area contributed by atoms with Gasteiger partial charge in [-0.25, -0.2) is 4.79 Å². The average Bonchev–Trinajstić information content (AvgIpc) is 2.69. The van der Waals surface area contributed by atoms with Crippen molar-refractivity contribution < 1.29 is 14.3 Å². The molecule has 3 unspecified atom stereocenters. The topological polar surface area (TPSA) is 82.7 Å². The molecule has 148 valence electrons. The number of ether oxygens (including phenoxy) is 1. The van der Waals surface area contributed by atoms with Gasteiger partial charge in [-0.15, -0.1) is 0 Å². The number of hydrogen-bond acceptors (Lipinski definition) is 4. The van der Waals surface area contributed by atoms with Crippen LogP contribution >= 0.6 is 0 Å². The Bertz CT molecular complexity index is 666. The highest BCUT2D eigenvalue weighted by atomic mass is 16.5. The second-order valence-electron chi connectivity index (χ2n) is 7.44. The lowest BCUT2D eigenvalue weighted by Gasteiger charge is -2.34. The van der Waals surface area contributed by atoms with Crippen molar-refractivity contribution in [3.05, 3.63) is 24.3 Å². The first kappa shape index (κ1) is 19.5. The number of carbonyl (C=O) groups excluding carboxylic acids is 2. The van der Waals surface area contributed by atoms with E-state index in [2.05, 4.69) is 22.9 Å². The predicted molar refractivity (Wildman–Crippen MR) is 105 cm³/mol. The third-order valence-electron chi connectivity index (χ3n) is 5.61. The quantitative estimate of drug-likeness (QED) is 0.733. The molecule has 0 aliphatic carbocycles. The summed E-state index contributed by atoms with van der Waals surface area (Å²) in [5.74, 6) is 1.59. The average molecular weight is 374 g/mol. The summed E-state index contributed by atoms with van der Waals surface area (Å²) >= 11 is 0. The van der Waals surface area contributed by atoms with Crippen molar-refractivity contribution in [3.63, 3.8) is 0 Å². The van der Waals surface area contributed by atoms with Crippen molar-refractivity contribution in [2.75, 3.05) is 38.2 Å². The summed E-state index contributed by atoms with van der Waals surface area (Å²) in [6, 6.07) is 6.70. The van der Waals surface area contributed by atoms with Crippen LogP contribution < -0.4 is 25.6 Å². The molecule has 3 N–H and O–H groups in total. The standard InChI is InChI=1S/C20H30N4O3/c1-14-12-21-10-9-15(14)13-22-20(26)23-16-6-5-11-24(19(16)25)17-7-3-4-8-18(17)27-2/h3-4,7-8,14-16,21H,5-6,9-13H2,1-2H3,(H2,22,23,26). The van der Waals surface area contributed by atoms with Gasteiger partial charge in [0.05, 0.1) is 12.8 Å². The molecule has 0 bridgehead atoms. The maximum absolute atomic E-state index is 12.9. The van der Waals surface area contributed by atoms with E-state index >= 15 is 0 Å². The number of anilines is 1. The summed E-state index contributed by atoms with van der Waals surface area (Å²) in [6.45, 7) is 5.46. The van der Waals surface area contributed by atoms with Gasteiger partial charge in [-0.2, -0.15) is 0 Å². The van der Waals surface area contributed by atoms with Gasteiger partial charge in [0.15, 0.2) is 0 Å². The Labute approximate surface area is 160 Å². The SMILES string of the molecule is COc1ccccc1N1CCCC(NC(=O)NCC2CCNCC2C)C1=O. The maximum Gasteiger partial charge on any atom is 0.315 e. The molecule has 3 amide bonds. The molecule has 2 fully saturated rings. The van der Waals surface area contributed by atoms with Crippen LogP contribution in [-0.4, -0.2) is 51.3 Å². The summed E-state index contributed by atoms with van der Waals surface area (Å²) in [5, 5.41) is 9.18. The van der Waals surface area contributed by atoms with Crippen molar-refractivity contribution in [2.45, 2.75) is 32.2 Å². The van der Waals surface area contributed by atoms with Gasteiger partial charge in [-0.1, -0.05) is 19.1 Å². The molecule has 2 saturated heterocycles. The summed E-state index contributed by atoms with van der Waals surface area (Å²) in [7, 11) is 1.60. The molecule has 27 heavy (non-hydrogen) atoms. The van der Waals surface area contributed by atoms with Crippen molar-refractivity contribution in [1.82, 2.24) is 16.0 Å². The molecule has 0 spiro atoms. The smallest absolute Gasteiger partial charge is 0.315 e. The first-order valence-electron chi connectivity index (χ1n) is 9.79. The Morgan fingerprint density at radius 1 is 1.33 bits per heavy atom. The van der Waals surface area contributed by atoms with Gasteiger partial charge in [0.1, 0.15) is 11.8 Å². The van der Waals surface area contributed by atoms with Crippen LogP contribution in [0, 0.1) is 11.8 Å². The molecule has 0 saturated carbocycles. The normalized spacial score (nSPS) is 25.8. The van der Waals surface area contributed by atoms with E-state index in [4.69, 9.17) is 4.74 Å². The molecule has 2 aliphatic rings. The molecular formula is C20H30N4O3. The van der Waals surface area contributed by atoms with E-state index in [1.54, 1.807) is 12.0 Å². The molecule has 1 aromatic carbocycles. The van der Waals surface area contributed by atoms with Gasteiger partial charge in [-0.05, 0) is 56.3 Å². The number of para-hydroxylation sites is 2. The van der Waals surface area contributed by atoms with E-state index in [9.17, 15) is 9.59 Å². The fraction of sp³-hybridized carbons (Fsp3) is 0.600. The lowest BCUT2D eigenvalue weighted by Crippen LogP contribution is -2.55. The van der Waals surface area contributed by atoms with Gasteiger partial charge in [0.25, 0.3) is 0 Å². The highest BCUT2D eigenvalue weighted by Gasteiger charge is 2.32. The number of piperidine rings is 2. The minimum Gasteiger partial charge on any atom is -0.495 e. The molecule has 7 heteroatoms. The molecular weight excluding hydrogens is 344 g/mol. The summed E-state index contributed by atoms with van der Waals surface area (Å²) < 4.78 is 5.38. The summed E-state index contributed by atoms with van der Waals surface area (Å²) in [4.78, 5) is 27.0. The molecule has 0 radical (unpaired) electrons. The first-order valence-corrected chi connectivity index (χ1v) is 9.79. The molecule has 1 aromatic rings. The number of carbonyl (C=O) groups is 2. The van der Waals surface area contributed by atoms with E-state index in [1.165, 1.54) is 0 Å². The van der Waals surface area contributed by atoms with E-state index in [0.717, 1.165) is 31.6 Å². The van der Waals surface area contributed by atoms with Crippen LogP contribution in [0.15, 0.2) is 24.3 Å². The number of urea groups is 1. The largest absolute Gasteiger partial charge is 0.495 e. The fourth-order valence-corrected chi connectivity index (χ4v) is 3.91. The van der Waals surface area contributed by atoms with E-state index in [0.29, 0.717) is 37.1 Å². The number of nitrogens with one attached hydrogen (secondary N) is 3. The van der Waals surface area contributed by atoms with Gasteiger partial charge >= 0.3 is 6.03 Å². The summed E-state index contributed by atoms with van der Waals surface area (Å²) in [6.07, 6.45) is 2.55. The van der Waals surface area contributed by atoms with Crippen molar-refractivity contribution in [2.24, 2.45) is 11.8 Å². The fourth-order valence-electron chi connectivity index (χ4n) is 3.91. The zero-order valence-electron chi connectivity index (χ0n) is 16.2. The number of amides is 3. The van der Waals surface area contributed by atoms with Crippen LogP contribution in [-0.2, 0) is 4.79 Å². The number of hydrogen-bond donors (Lipinski definition) is 3. The number of rotatable bonds is 5. The number of nitrogens with zero attached hydrogens (tertiary/aromatic N) is 1. The van der Waals surface area contributed by atoms with Gasteiger partial charge < -0.3 is 25.6 Å². The van der Waals surface area contributed by atoms with Gasteiger partial charge in [0, 0.05) is 13.1 Å². The third-order valence-corrected chi connectivity index (χ3v) is 5.61. The minimum atomic E-state index is -0.505. The highest BCUT2D eigenvalue weighted by Crippen LogP contribution is 2.30. The monoisotopic (exact) mass is 374 g/mol. The third kappa shape index (κ3) is 4.71. The Balaban J connectivity index is 1.56. The number of benzene rings is 1. The molecule has 0 aromatic heterocycles. The zero-order valence-corrected chi connectivity index (χ0v) is 16.2. The lowest BCUT2D eigenvalue weighted by atomic mass is 9.88. The van der Waals surface area contributed by atoms with Crippen molar-refractivity contribution in [3.8, 4) is 5.75 Å². The van der Waals surface area contributed by atoms with Crippen LogP contribution in [0.3, 0.4) is 0 Å². The van der Waals surface area contributed by atoms with Gasteiger partial charge in [-0.3, -0.25) is 4.79 Å². The Morgan fingerprint density at radius 3 is 2.93 bits per heavy atom. The predicted octanol–water partition coefficient (Wildman–Crippen LogP) is 1.74. The molecule has 3 rings (SSSR count). The zero-order chi connectivity index (χ0) is 19.2. The number of methoxy groups -OCH3 is 1. The van der Waals surface area contributed by atoms with Crippen LogP contribution in [0.25, 0.3) is 0 Å². The molecule has 7 nitrogen and oxygen atoms in total. The molecule has 2 aliphatic heterocycles. The molecule has 2 heterocycles. The Hall–Kier alpha value is -2.28. The van der Waals surface area contributed by atoms with E-state index < -0.39 is 6.04 Å². The second-order valence-corrected chi connectivity index (χ2v) is 7.44. The Kier molecular flexibility index (Phi) is 6.55. The van der Waals surface area contributed by atoms with Crippen LogP contribution in [0.1, 0.15) is 26.2 Å². The minimum absolute atomic E-state index is 0.0869. The van der Waals surface area contributed by atoms with Crippen molar-refractivity contribution >= 4 is 17.6 Å². The van der Waals surface area contributed by atoms with Crippen LogP contribution in [0.5, 0.6) is 5.75 Å². The van der Waals surface area contributed by atoms with Gasteiger partial charge in [0.2, 0.25) is 5.91 Å². The summed E-state index contributed by atoms with van der Waals surface area (Å²) in [5.41, 5.74) is 0.750. The van der Waals surface area contributed by atoms with E-state index in [-0.39, 0.29) is 11.9 Å². The Morgan fingerprint density at radius 2 is 2.15 bits per heavy atom. The van der Waals surface area contributed by atoms with Crippen LogP contribution in [0.4, 0.5) is 10.5 Å². The van der Waals surface area contributed by atoms with Crippen LogP contribution in [0.2, 0.25) is 0 Å². The maximum atomic E-state index is 12.9. The lowest BCUT2D eigenvalue weighted by molar-refractivity contribution is -0.121. The second kappa shape index (κ2) is 9.08. The first-order chi connectivity index (χ1) is 13.1. The van der Waals surface area contributed by atoms with Crippen molar-refractivity contribution in [1.29, 1.82) is 0 Å². The van der Waals surface area contributed by atoms with E-state index in [1.807, 2.05) is 24.3 Å².